The number of carbonyl (C=O) groups is 2. The second-order valence-electron chi connectivity index (χ2n) is 9.19. The van der Waals surface area contributed by atoms with E-state index in [0.29, 0.717) is 22.7 Å². The van der Waals surface area contributed by atoms with E-state index in [4.69, 9.17) is 11.5 Å². The third-order valence-corrected chi connectivity index (χ3v) is 7.70. The van der Waals surface area contributed by atoms with Gasteiger partial charge in [0.15, 0.2) is 0 Å². The van der Waals surface area contributed by atoms with Crippen molar-refractivity contribution >= 4 is 78.6 Å². The highest BCUT2D eigenvalue weighted by molar-refractivity contribution is 7.86. The van der Waals surface area contributed by atoms with Crippen molar-refractivity contribution in [2.75, 3.05) is 32.7 Å². The molecular weight excluding hydrogens is 612 g/mol. The molecule has 4 aromatic rings. The van der Waals surface area contributed by atoms with Gasteiger partial charge in [0.2, 0.25) is 0 Å². The fourth-order valence-electron chi connectivity index (χ4n) is 3.85. The first kappa shape index (κ1) is 31.5. The Morgan fingerprint density at radius 2 is 0.818 bits per heavy atom. The summed E-state index contributed by atoms with van der Waals surface area (Å²) < 4.78 is 68.2. The van der Waals surface area contributed by atoms with E-state index in [1.165, 1.54) is 36.4 Å². The minimum atomic E-state index is -4.81. The summed E-state index contributed by atoms with van der Waals surface area (Å²) in [5, 5.41) is 9.98. The zero-order valence-electron chi connectivity index (χ0n) is 22.6. The number of rotatable bonds is 8. The van der Waals surface area contributed by atoms with Gasteiger partial charge in [-0.1, -0.05) is 24.3 Å². The van der Waals surface area contributed by atoms with Crippen LogP contribution in [0, 0.1) is 0 Å². The Balaban J connectivity index is 1.55. The van der Waals surface area contributed by atoms with Gasteiger partial charge >= 0.3 is 12.1 Å². The summed E-state index contributed by atoms with van der Waals surface area (Å²) >= 11 is 0. The highest BCUT2D eigenvalue weighted by Crippen LogP contribution is 2.26. The van der Waals surface area contributed by atoms with E-state index in [1.54, 1.807) is 48.5 Å². The molecule has 0 heterocycles. The van der Waals surface area contributed by atoms with Crippen LogP contribution in [-0.4, -0.2) is 38.0 Å². The molecule has 4 rings (SSSR count). The number of anilines is 6. The topological polar surface area (TPSA) is 243 Å². The average molecular weight is 639 g/mol. The zero-order chi connectivity index (χ0) is 32.1. The van der Waals surface area contributed by atoms with Gasteiger partial charge in [-0.05, 0) is 83.9 Å². The quantitative estimate of drug-likeness (QED) is 0.0744. The number of amides is 4. The molecule has 10 N–H and O–H groups in total. The summed E-state index contributed by atoms with van der Waals surface area (Å²) in [6.07, 6.45) is 2.37. The molecule has 4 aromatic carbocycles. The summed E-state index contributed by atoms with van der Waals surface area (Å²) in [6.45, 7) is 0. The third-order valence-electron chi connectivity index (χ3n) is 5.88. The largest absolute Gasteiger partial charge is 0.399 e. The van der Waals surface area contributed by atoms with Gasteiger partial charge in [0.05, 0.1) is 0 Å². The van der Waals surface area contributed by atoms with Crippen LogP contribution in [-0.2, 0) is 20.2 Å². The van der Waals surface area contributed by atoms with E-state index in [9.17, 15) is 35.5 Å². The van der Waals surface area contributed by atoms with E-state index in [1.807, 2.05) is 0 Å². The molecule has 16 heteroatoms. The van der Waals surface area contributed by atoms with E-state index in [-0.39, 0.29) is 22.5 Å². The van der Waals surface area contributed by atoms with E-state index >= 15 is 0 Å². The Labute approximate surface area is 252 Å². The van der Waals surface area contributed by atoms with Gasteiger partial charge in [-0.2, -0.15) is 16.8 Å². The first-order valence-electron chi connectivity index (χ1n) is 12.5. The monoisotopic (exact) mass is 638 g/mol. The van der Waals surface area contributed by atoms with Gasteiger partial charge in [-0.3, -0.25) is 9.11 Å². The maximum atomic E-state index is 12.4. The van der Waals surface area contributed by atoms with Crippen LogP contribution < -0.4 is 32.7 Å². The lowest BCUT2D eigenvalue weighted by Gasteiger charge is -2.11. The molecular formula is C28H26N6O8S2. The van der Waals surface area contributed by atoms with Gasteiger partial charge < -0.3 is 32.7 Å². The predicted molar refractivity (Wildman–Crippen MR) is 168 cm³/mol. The summed E-state index contributed by atoms with van der Waals surface area (Å²) in [5.41, 5.74) is 13.0. The molecule has 0 unspecified atom stereocenters. The number of benzene rings is 4. The molecule has 0 aliphatic rings. The van der Waals surface area contributed by atoms with Gasteiger partial charge in [-0.25, -0.2) is 9.59 Å². The lowest BCUT2D eigenvalue weighted by Crippen LogP contribution is -2.19. The van der Waals surface area contributed by atoms with Crippen LogP contribution in [0.1, 0.15) is 11.1 Å². The first-order valence-corrected chi connectivity index (χ1v) is 15.3. The number of urea groups is 2. The molecule has 228 valence electrons. The fraction of sp³-hybridized carbons (Fsp3) is 0. The Hall–Kier alpha value is -5.42. The minimum Gasteiger partial charge on any atom is -0.399 e. The van der Waals surface area contributed by atoms with Crippen molar-refractivity contribution in [3.8, 4) is 0 Å². The molecule has 0 bridgehead atoms. The van der Waals surface area contributed by atoms with Crippen LogP contribution in [0.5, 0.6) is 0 Å². The predicted octanol–water partition coefficient (Wildman–Crippen LogP) is 4.80. The molecule has 0 saturated heterocycles. The van der Waals surface area contributed by atoms with Crippen molar-refractivity contribution in [1.29, 1.82) is 0 Å². The number of nitrogen functional groups attached to an aromatic ring is 2. The first-order chi connectivity index (χ1) is 20.7. The molecule has 0 radical (unpaired) electrons. The second-order valence-corrected chi connectivity index (χ2v) is 12.0. The van der Waals surface area contributed by atoms with E-state index < -0.39 is 42.1 Å². The van der Waals surface area contributed by atoms with Crippen molar-refractivity contribution in [1.82, 2.24) is 0 Å². The minimum absolute atomic E-state index is 0.0222. The summed E-state index contributed by atoms with van der Waals surface area (Å²) in [7, 11) is -9.63. The SMILES string of the molecule is Nc1ccc(NC(=O)Nc2ccc(/C=C/c3ccc(NC(=O)Nc4ccc(N)cc4)cc3S(=O)(=O)O)c(S(=O)(=O)O)c2)cc1. The van der Waals surface area contributed by atoms with Crippen molar-refractivity contribution in [2.24, 2.45) is 0 Å². The molecule has 14 nitrogen and oxygen atoms in total. The second kappa shape index (κ2) is 12.8. The lowest BCUT2D eigenvalue weighted by molar-refractivity contribution is 0.261. The fourth-order valence-corrected chi connectivity index (χ4v) is 5.27. The normalized spacial score (nSPS) is 11.6. The molecule has 0 fully saturated rings. The van der Waals surface area contributed by atoms with Gasteiger partial charge in [0.25, 0.3) is 20.2 Å². The smallest absolute Gasteiger partial charge is 0.323 e. The number of nitrogens with one attached hydrogen (secondary N) is 4. The van der Waals surface area contributed by atoms with Crippen LogP contribution in [0.25, 0.3) is 12.2 Å². The van der Waals surface area contributed by atoms with Gasteiger partial charge in [-0.15, -0.1) is 0 Å². The maximum Gasteiger partial charge on any atom is 0.323 e. The van der Waals surface area contributed by atoms with Crippen LogP contribution >= 0.6 is 0 Å². The summed E-state index contributed by atoms with van der Waals surface area (Å²) in [5.74, 6) is 0. The summed E-state index contributed by atoms with van der Waals surface area (Å²) in [4.78, 5) is 23.5. The van der Waals surface area contributed by atoms with Crippen LogP contribution in [0.2, 0.25) is 0 Å². The average Bonchev–Trinajstić information content (AvgIpc) is 2.94. The number of hydrogen-bond acceptors (Lipinski definition) is 8. The number of nitrogens with two attached hydrogens (primary N) is 2. The van der Waals surface area contributed by atoms with Crippen LogP contribution in [0.15, 0.2) is 94.7 Å². The molecule has 0 spiro atoms. The standard InChI is InChI=1S/C28H26N6O8S2/c29-19-5-11-21(12-6-19)31-27(35)33-23-9-3-17(25(15-23)43(37,38)39)1-2-18-4-10-24(16-26(18)44(40,41)42)34-28(36)32-22-13-7-20(30)8-14-22/h1-16H,29-30H2,(H2,31,33,35)(H2,32,34,36)(H,37,38,39)(H,40,41,42)/b2-1+. The van der Waals surface area contributed by atoms with Crippen LogP contribution in [0.4, 0.5) is 43.7 Å². The summed E-state index contributed by atoms with van der Waals surface area (Å²) in [6, 6.07) is 18.4. The van der Waals surface area contributed by atoms with Crippen LogP contribution in [0.3, 0.4) is 0 Å². The maximum absolute atomic E-state index is 12.4. The molecule has 0 aliphatic carbocycles. The van der Waals surface area contributed by atoms with E-state index in [0.717, 1.165) is 12.1 Å². The molecule has 0 aromatic heterocycles. The Morgan fingerprint density at radius 1 is 0.523 bits per heavy atom. The molecule has 0 atom stereocenters. The Kier molecular flexibility index (Phi) is 9.20. The van der Waals surface area contributed by atoms with Crippen molar-refractivity contribution < 1.29 is 35.5 Å². The van der Waals surface area contributed by atoms with E-state index in [2.05, 4.69) is 21.3 Å². The molecule has 44 heavy (non-hydrogen) atoms. The van der Waals surface area contributed by atoms with Crippen molar-refractivity contribution in [2.45, 2.75) is 9.79 Å². The zero-order valence-corrected chi connectivity index (χ0v) is 24.2. The van der Waals surface area contributed by atoms with Gasteiger partial charge in [0, 0.05) is 34.1 Å². The van der Waals surface area contributed by atoms with Crippen molar-refractivity contribution in [3.63, 3.8) is 0 Å². The third kappa shape index (κ3) is 8.55. The number of carbonyl (C=O) groups excluding carboxylic acids is 2. The Bertz CT molecular complexity index is 1820. The molecule has 0 saturated carbocycles. The molecule has 0 aliphatic heterocycles. The lowest BCUT2D eigenvalue weighted by atomic mass is 10.1. The van der Waals surface area contributed by atoms with Gasteiger partial charge in [0.1, 0.15) is 9.79 Å². The molecule has 4 amide bonds. The Morgan fingerprint density at radius 3 is 1.14 bits per heavy atom. The highest BCUT2D eigenvalue weighted by atomic mass is 32.2. The van der Waals surface area contributed by atoms with Crippen molar-refractivity contribution in [3.05, 3.63) is 96.1 Å². The highest BCUT2D eigenvalue weighted by Gasteiger charge is 2.18. The number of hydrogen-bond donors (Lipinski definition) is 8.